The van der Waals surface area contributed by atoms with Crippen molar-refractivity contribution in [3.05, 3.63) is 18.0 Å². The molecule has 1 aliphatic heterocycles. The van der Waals surface area contributed by atoms with Crippen molar-refractivity contribution in [1.29, 1.82) is 0 Å². The maximum Gasteiger partial charge on any atom is 0.496 e. The first-order valence-corrected chi connectivity index (χ1v) is 6.00. The van der Waals surface area contributed by atoms with Crippen LogP contribution in [0.1, 0.15) is 33.4 Å². The Morgan fingerprint density at radius 1 is 1.28 bits per heavy atom. The van der Waals surface area contributed by atoms with Gasteiger partial charge in [0.25, 0.3) is 0 Å². The average molecular weight is 250 g/mol. The number of rotatable bonds is 2. The zero-order valence-electron chi connectivity index (χ0n) is 11.2. The van der Waals surface area contributed by atoms with Crippen molar-refractivity contribution in [2.45, 2.75) is 45.4 Å². The summed E-state index contributed by atoms with van der Waals surface area (Å²) in [7, 11) is -0.548. The van der Waals surface area contributed by atoms with E-state index in [9.17, 15) is 5.11 Å². The van der Waals surface area contributed by atoms with Gasteiger partial charge in [-0.05, 0) is 33.8 Å². The van der Waals surface area contributed by atoms with Gasteiger partial charge in [0.1, 0.15) is 5.75 Å². The highest BCUT2D eigenvalue weighted by atomic mass is 16.7. The average Bonchev–Trinajstić information content (AvgIpc) is 2.48. The highest BCUT2D eigenvalue weighted by Crippen LogP contribution is 2.36. The van der Waals surface area contributed by atoms with Crippen LogP contribution in [0.2, 0.25) is 0 Å². The Kier molecular flexibility index (Phi) is 3.13. The predicted molar refractivity (Wildman–Crippen MR) is 69.5 cm³/mol. The van der Waals surface area contributed by atoms with E-state index < -0.39 is 18.3 Å². The third-order valence-electron chi connectivity index (χ3n) is 3.69. The van der Waals surface area contributed by atoms with Gasteiger partial charge < -0.3 is 20.1 Å². The summed E-state index contributed by atoms with van der Waals surface area (Å²) < 4.78 is 11.8. The summed E-state index contributed by atoms with van der Waals surface area (Å²) in [6.45, 7) is 8.19. The Bertz CT molecular complexity index is 447. The fraction of sp³-hybridized carbons (Fsp3) is 0.583. The van der Waals surface area contributed by atoms with Gasteiger partial charge in [-0.15, -0.1) is 0 Å². The lowest BCUT2D eigenvalue weighted by Crippen LogP contribution is -2.41. The molecule has 0 aliphatic carbocycles. The standard InChI is InChI=1S/C12H19BN2O3/c1-11(2)12(3,4)18-13(17-11)9-5-8(16)7-15-10(9)6-14/h5,7,16H,6,14H2,1-4H3. The molecule has 3 N–H and O–H groups in total. The lowest BCUT2D eigenvalue weighted by atomic mass is 9.77. The van der Waals surface area contributed by atoms with Crippen LogP contribution in [0.5, 0.6) is 5.75 Å². The first-order chi connectivity index (χ1) is 8.27. The molecular formula is C12H19BN2O3. The first kappa shape index (κ1) is 13.3. The minimum Gasteiger partial charge on any atom is -0.506 e. The van der Waals surface area contributed by atoms with E-state index in [1.54, 1.807) is 6.07 Å². The molecule has 6 heteroatoms. The summed E-state index contributed by atoms with van der Waals surface area (Å²) >= 11 is 0. The third-order valence-corrected chi connectivity index (χ3v) is 3.69. The van der Waals surface area contributed by atoms with Crippen LogP contribution in [-0.4, -0.2) is 28.4 Å². The maximum absolute atomic E-state index is 9.54. The monoisotopic (exact) mass is 250 g/mol. The molecule has 98 valence electrons. The topological polar surface area (TPSA) is 77.6 Å². The van der Waals surface area contributed by atoms with Gasteiger partial charge in [0.2, 0.25) is 0 Å². The minimum absolute atomic E-state index is 0.0805. The molecule has 1 fully saturated rings. The van der Waals surface area contributed by atoms with Crippen LogP contribution in [0.25, 0.3) is 0 Å². The molecule has 0 unspecified atom stereocenters. The van der Waals surface area contributed by atoms with Crippen LogP contribution < -0.4 is 11.2 Å². The van der Waals surface area contributed by atoms with Crippen molar-refractivity contribution in [2.24, 2.45) is 5.73 Å². The summed E-state index contributed by atoms with van der Waals surface area (Å²) in [6, 6.07) is 1.59. The molecule has 0 saturated carbocycles. The normalized spacial score (nSPS) is 21.3. The molecular weight excluding hydrogens is 231 g/mol. The van der Waals surface area contributed by atoms with Gasteiger partial charge in [-0.2, -0.15) is 0 Å². The zero-order chi connectivity index (χ0) is 13.6. The smallest absolute Gasteiger partial charge is 0.496 e. The van der Waals surface area contributed by atoms with Gasteiger partial charge in [0.05, 0.1) is 23.1 Å². The van der Waals surface area contributed by atoms with E-state index >= 15 is 0 Å². The number of hydrogen-bond donors (Lipinski definition) is 2. The molecule has 18 heavy (non-hydrogen) atoms. The molecule has 0 amide bonds. The van der Waals surface area contributed by atoms with Crippen LogP contribution in [0.15, 0.2) is 12.3 Å². The van der Waals surface area contributed by atoms with E-state index in [-0.39, 0.29) is 12.3 Å². The van der Waals surface area contributed by atoms with Crippen LogP contribution in [0.3, 0.4) is 0 Å². The second-order valence-electron chi connectivity index (χ2n) is 5.52. The van der Waals surface area contributed by atoms with Gasteiger partial charge in [-0.3, -0.25) is 4.98 Å². The van der Waals surface area contributed by atoms with E-state index in [2.05, 4.69) is 4.98 Å². The van der Waals surface area contributed by atoms with Crippen molar-refractivity contribution >= 4 is 12.6 Å². The molecule has 0 aromatic carbocycles. The van der Waals surface area contributed by atoms with E-state index in [0.29, 0.717) is 11.2 Å². The van der Waals surface area contributed by atoms with Crippen LogP contribution >= 0.6 is 0 Å². The van der Waals surface area contributed by atoms with Gasteiger partial charge in [0, 0.05) is 12.0 Å². The highest BCUT2D eigenvalue weighted by Gasteiger charge is 2.52. The Balaban J connectivity index is 2.37. The molecule has 1 aliphatic rings. The summed E-state index contributed by atoms with van der Waals surface area (Å²) in [5.74, 6) is 0.0805. The van der Waals surface area contributed by atoms with E-state index in [1.807, 2.05) is 27.7 Å². The number of pyridine rings is 1. The van der Waals surface area contributed by atoms with Gasteiger partial charge >= 0.3 is 7.12 Å². The molecule has 0 radical (unpaired) electrons. The Hall–Kier alpha value is -1.11. The summed E-state index contributed by atoms with van der Waals surface area (Å²) in [5, 5.41) is 9.54. The summed E-state index contributed by atoms with van der Waals surface area (Å²) in [6.07, 6.45) is 1.37. The molecule has 5 nitrogen and oxygen atoms in total. The lowest BCUT2D eigenvalue weighted by Gasteiger charge is -2.32. The fourth-order valence-electron chi connectivity index (χ4n) is 1.84. The van der Waals surface area contributed by atoms with Crippen molar-refractivity contribution < 1.29 is 14.4 Å². The Labute approximate surface area is 107 Å². The molecule has 0 atom stereocenters. The quantitative estimate of drug-likeness (QED) is 0.749. The first-order valence-electron chi connectivity index (χ1n) is 6.00. The third kappa shape index (κ3) is 2.11. The number of nitrogens with zero attached hydrogens (tertiary/aromatic N) is 1. The molecule has 0 bridgehead atoms. The zero-order valence-corrected chi connectivity index (χ0v) is 11.2. The molecule has 1 aromatic heterocycles. The van der Waals surface area contributed by atoms with Crippen molar-refractivity contribution in [1.82, 2.24) is 4.98 Å². The fourth-order valence-corrected chi connectivity index (χ4v) is 1.84. The largest absolute Gasteiger partial charge is 0.506 e. The molecule has 0 spiro atoms. The molecule has 1 saturated heterocycles. The highest BCUT2D eigenvalue weighted by molar-refractivity contribution is 6.62. The van der Waals surface area contributed by atoms with E-state index in [0.717, 1.165) is 0 Å². The Morgan fingerprint density at radius 2 is 1.83 bits per heavy atom. The SMILES string of the molecule is CC1(C)OB(c2cc(O)cnc2CN)OC1(C)C. The maximum atomic E-state index is 9.54. The van der Waals surface area contributed by atoms with Gasteiger partial charge in [0.15, 0.2) is 0 Å². The van der Waals surface area contributed by atoms with E-state index in [1.165, 1.54) is 6.20 Å². The molecule has 2 rings (SSSR count). The summed E-state index contributed by atoms with van der Waals surface area (Å²) in [4.78, 5) is 4.10. The minimum atomic E-state index is -0.548. The Morgan fingerprint density at radius 3 is 2.33 bits per heavy atom. The molecule has 1 aromatic rings. The number of aromatic nitrogens is 1. The number of nitrogens with two attached hydrogens (primary N) is 1. The van der Waals surface area contributed by atoms with Gasteiger partial charge in [-0.25, -0.2) is 0 Å². The second kappa shape index (κ2) is 4.22. The predicted octanol–water partition coefficient (Wildman–Crippen LogP) is 0.545. The van der Waals surface area contributed by atoms with Gasteiger partial charge in [-0.1, -0.05) is 0 Å². The lowest BCUT2D eigenvalue weighted by molar-refractivity contribution is 0.00578. The molecule has 2 heterocycles. The van der Waals surface area contributed by atoms with E-state index in [4.69, 9.17) is 15.0 Å². The van der Waals surface area contributed by atoms with Crippen molar-refractivity contribution in [3.63, 3.8) is 0 Å². The number of aromatic hydroxyl groups is 1. The van der Waals surface area contributed by atoms with Crippen LogP contribution in [-0.2, 0) is 15.9 Å². The van der Waals surface area contributed by atoms with Crippen molar-refractivity contribution in [3.8, 4) is 5.75 Å². The summed E-state index contributed by atoms with van der Waals surface area (Å²) in [5.41, 5.74) is 6.17. The second-order valence-corrected chi connectivity index (χ2v) is 5.52. The van der Waals surface area contributed by atoms with Crippen molar-refractivity contribution in [2.75, 3.05) is 0 Å². The van der Waals surface area contributed by atoms with Crippen LogP contribution in [0, 0.1) is 0 Å². The van der Waals surface area contributed by atoms with Crippen LogP contribution in [0.4, 0.5) is 0 Å². The number of hydrogen-bond acceptors (Lipinski definition) is 5.